The average Bonchev–Trinajstić information content (AvgIpc) is 2.37. The first-order valence-corrected chi connectivity index (χ1v) is 6.60. The van der Waals surface area contributed by atoms with Crippen molar-refractivity contribution in [3.05, 3.63) is 23.8 Å². The third-order valence-electron chi connectivity index (χ3n) is 3.23. The third kappa shape index (κ3) is 2.94. The van der Waals surface area contributed by atoms with Gasteiger partial charge in [-0.25, -0.2) is 0 Å². The van der Waals surface area contributed by atoms with Crippen LogP contribution in [-0.4, -0.2) is 25.5 Å². The molecule has 0 atom stereocenters. The maximum Gasteiger partial charge on any atom is 0.239 e. The fourth-order valence-electron chi connectivity index (χ4n) is 2.33. The highest BCUT2D eigenvalue weighted by Gasteiger charge is 2.18. The highest BCUT2D eigenvalue weighted by Crippen LogP contribution is 2.28. The number of aryl methyl sites for hydroxylation is 1. The Morgan fingerprint density at radius 2 is 2.33 bits per heavy atom. The summed E-state index contributed by atoms with van der Waals surface area (Å²) in [5, 5.41) is 2.91. The molecular weight excluding hydrogens is 226 g/mol. The number of benzene rings is 1. The summed E-state index contributed by atoms with van der Waals surface area (Å²) < 4.78 is 0. The second-order valence-corrected chi connectivity index (χ2v) is 4.76. The first kappa shape index (κ1) is 12.7. The SMILES string of the molecule is CCCNC(=O)CN1CCCc2ccc(N)cc21. The molecule has 1 aromatic carbocycles. The zero-order valence-corrected chi connectivity index (χ0v) is 10.9. The molecule has 4 nitrogen and oxygen atoms in total. The molecule has 0 radical (unpaired) electrons. The number of nitrogens with two attached hydrogens (primary N) is 1. The highest BCUT2D eigenvalue weighted by molar-refractivity contribution is 5.82. The van der Waals surface area contributed by atoms with Gasteiger partial charge in [0.15, 0.2) is 0 Å². The van der Waals surface area contributed by atoms with Crippen LogP contribution in [0.1, 0.15) is 25.3 Å². The summed E-state index contributed by atoms with van der Waals surface area (Å²) in [4.78, 5) is 13.9. The van der Waals surface area contributed by atoms with E-state index in [0.29, 0.717) is 6.54 Å². The van der Waals surface area contributed by atoms with Crippen LogP contribution in [0.3, 0.4) is 0 Å². The van der Waals surface area contributed by atoms with Gasteiger partial charge < -0.3 is 16.0 Å². The van der Waals surface area contributed by atoms with Crippen LogP contribution < -0.4 is 16.0 Å². The minimum Gasteiger partial charge on any atom is -0.399 e. The standard InChI is InChI=1S/C14H21N3O/c1-2-7-16-14(18)10-17-8-3-4-11-5-6-12(15)9-13(11)17/h5-6,9H,2-4,7-8,10,15H2,1H3,(H,16,18). The Hall–Kier alpha value is -1.71. The monoisotopic (exact) mass is 247 g/mol. The number of amides is 1. The predicted octanol–water partition coefficient (Wildman–Crippen LogP) is 1.55. The Balaban J connectivity index is 2.07. The molecule has 1 heterocycles. The summed E-state index contributed by atoms with van der Waals surface area (Å²) in [7, 11) is 0. The van der Waals surface area contributed by atoms with Crippen LogP contribution >= 0.6 is 0 Å². The lowest BCUT2D eigenvalue weighted by Gasteiger charge is -2.31. The van der Waals surface area contributed by atoms with Crippen molar-refractivity contribution in [1.82, 2.24) is 5.32 Å². The smallest absolute Gasteiger partial charge is 0.239 e. The second-order valence-electron chi connectivity index (χ2n) is 4.76. The van der Waals surface area contributed by atoms with E-state index in [9.17, 15) is 4.79 Å². The van der Waals surface area contributed by atoms with E-state index in [2.05, 4.69) is 23.2 Å². The zero-order chi connectivity index (χ0) is 13.0. The topological polar surface area (TPSA) is 58.4 Å². The van der Waals surface area contributed by atoms with Crippen molar-refractivity contribution in [2.45, 2.75) is 26.2 Å². The van der Waals surface area contributed by atoms with E-state index in [4.69, 9.17) is 5.73 Å². The van der Waals surface area contributed by atoms with E-state index >= 15 is 0 Å². The Kier molecular flexibility index (Phi) is 4.07. The molecule has 0 spiro atoms. The number of hydrogen-bond donors (Lipinski definition) is 2. The molecule has 98 valence electrons. The number of rotatable bonds is 4. The molecule has 0 saturated heterocycles. The quantitative estimate of drug-likeness (QED) is 0.794. The van der Waals surface area contributed by atoms with Crippen LogP contribution in [0.4, 0.5) is 11.4 Å². The summed E-state index contributed by atoms with van der Waals surface area (Å²) in [6.45, 7) is 4.15. The zero-order valence-electron chi connectivity index (χ0n) is 10.9. The number of nitrogens with one attached hydrogen (secondary N) is 1. The van der Waals surface area contributed by atoms with Gasteiger partial charge in [0.2, 0.25) is 5.91 Å². The molecule has 1 aliphatic heterocycles. The van der Waals surface area contributed by atoms with E-state index in [-0.39, 0.29) is 5.91 Å². The molecule has 18 heavy (non-hydrogen) atoms. The Labute approximate surface area is 108 Å². The number of anilines is 2. The largest absolute Gasteiger partial charge is 0.399 e. The van der Waals surface area contributed by atoms with Crippen LogP contribution in [0.2, 0.25) is 0 Å². The van der Waals surface area contributed by atoms with Crippen LogP contribution in [0.5, 0.6) is 0 Å². The van der Waals surface area contributed by atoms with Crippen molar-refractivity contribution in [3.63, 3.8) is 0 Å². The summed E-state index contributed by atoms with van der Waals surface area (Å²) in [5.74, 6) is 0.0899. The number of nitrogens with zero attached hydrogens (tertiary/aromatic N) is 1. The van der Waals surface area contributed by atoms with Gasteiger partial charge in [-0.15, -0.1) is 0 Å². The van der Waals surface area contributed by atoms with Crippen LogP contribution in [-0.2, 0) is 11.2 Å². The Morgan fingerprint density at radius 3 is 3.11 bits per heavy atom. The second kappa shape index (κ2) is 5.76. The maximum atomic E-state index is 11.8. The van der Waals surface area contributed by atoms with Crippen molar-refractivity contribution < 1.29 is 4.79 Å². The lowest BCUT2D eigenvalue weighted by molar-refractivity contribution is -0.119. The molecule has 2 rings (SSSR count). The molecule has 1 aliphatic rings. The molecule has 0 aromatic heterocycles. The van der Waals surface area contributed by atoms with Gasteiger partial charge in [0.25, 0.3) is 0 Å². The molecule has 1 aromatic rings. The molecule has 0 saturated carbocycles. The fourth-order valence-corrected chi connectivity index (χ4v) is 2.33. The van der Waals surface area contributed by atoms with E-state index < -0.39 is 0 Å². The number of nitrogen functional groups attached to an aromatic ring is 1. The minimum atomic E-state index is 0.0899. The molecular formula is C14H21N3O. The molecule has 0 fully saturated rings. The van der Waals surface area contributed by atoms with Gasteiger partial charge in [-0.2, -0.15) is 0 Å². The van der Waals surface area contributed by atoms with E-state index in [1.54, 1.807) is 0 Å². The molecule has 0 aliphatic carbocycles. The van der Waals surface area contributed by atoms with Crippen molar-refractivity contribution in [1.29, 1.82) is 0 Å². The molecule has 0 bridgehead atoms. The number of carbonyl (C=O) groups excluding carboxylic acids is 1. The average molecular weight is 247 g/mol. The molecule has 4 heteroatoms. The van der Waals surface area contributed by atoms with Gasteiger partial charge in [-0.3, -0.25) is 4.79 Å². The first-order chi connectivity index (χ1) is 8.70. The normalized spacial score (nSPS) is 14.2. The van der Waals surface area contributed by atoms with Crippen LogP contribution in [0.25, 0.3) is 0 Å². The van der Waals surface area contributed by atoms with Gasteiger partial charge in [-0.05, 0) is 37.0 Å². The van der Waals surface area contributed by atoms with Gasteiger partial charge >= 0.3 is 0 Å². The molecule has 1 amide bonds. The Bertz CT molecular complexity index is 431. The van der Waals surface area contributed by atoms with Gasteiger partial charge in [0.05, 0.1) is 6.54 Å². The summed E-state index contributed by atoms with van der Waals surface area (Å²) in [5.41, 5.74) is 9.00. The van der Waals surface area contributed by atoms with E-state index in [0.717, 1.165) is 43.7 Å². The van der Waals surface area contributed by atoms with Crippen molar-refractivity contribution >= 4 is 17.3 Å². The summed E-state index contributed by atoms with van der Waals surface area (Å²) in [6.07, 6.45) is 3.13. The van der Waals surface area contributed by atoms with E-state index in [1.165, 1.54) is 5.56 Å². The molecule has 3 N–H and O–H groups in total. The fraction of sp³-hybridized carbons (Fsp3) is 0.500. The first-order valence-electron chi connectivity index (χ1n) is 6.60. The van der Waals surface area contributed by atoms with Crippen molar-refractivity contribution in [2.75, 3.05) is 30.3 Å². The number of fused-ring (bicyclic) bond motifs is 1. The summed E-state index contributed by atoms with van der Waals surface area (Å²) >= 11 is 0. The number of hydrogen-bond acceptors (Lipinski definition) is 3. The lowest BCUT2D eigenvalue weighted by atomic mass is 10.0. The maximum absolute atomic E-state index is 11.8. The van der Waals surface area contributed by atoms with Crippen molar-refractivity contribution in [3.8, 4) is 0 Å². The third-order valence-corrected chi connectivity index (χ3v) is 3.23. The van der Waals surface area contributed by atoms with Gasteiger partial charge in [0.1, 0.15) is 0 Å². The lowest BCUT2D eigenvalue weighted by Crippen LogP contribution is -2.40. The van der Waals surface area contributed by atoms with Gasteiger partial charge in [0, 0.05) is 24.5 Å². The molecule has 0 unspecified atom stereocenters. The Morgan fingerprint density at radius 1 is 1.50 bits per heavy atom. The summed E-state index contributed by atoms with van der Waals surface area (Å²) in [6, 6.07) is 5.97. The van der Waals surface area contributed by atoms with Crippen molar-refractivity contribution in [2.24, 2.45) is 0 Å². The highest BCUT2D eigenvalue weighted by atomic mass is 16.2. The number of carbonyl (C=O) groups is 1. The van der Waals surface area contributed by atoms with Crippen LogP contribution in [0, 0.1) is 0 Å². The van der Waals surface area contributed by atoms with E-state index in [1.807, 2.05) is 12.1 Å². The van der Waals surface area contributed by atoms with Crippen LogP contribution in [0.15, 0.2) is 18.2 Å². The van der Waals surface area contributed by atoms with Gasteiger partial charge in [-0.1, -0.05) is 13.0 Å². The predicted molar refractivity (Wildman–Crippen MR) is 74.7 cm³/mol. The minimum absolute atomic E-state index is 0.0899.